The van der Waals surface area contributed by atoms with Crippen molar-refractivity contribution in [3.8, 4) is 0 Å². The van der Waals surface area contributed by atoms with Crippen LogP contribution in [0.4, 0.5) is 0 Å². The lowest BCUT2D eigenvalue weighted by Gasteiger charge is -2.08. The van der Waals surface area contributed by atoms with Gasteiger partial charge in [0.2, 0.25) is 0 Å². The molecule has 0 aromatic carbocycles. The first kappa shape index (κ1) is 11.8. The van der Waals surface area contributed by atoms with Gasteiger partial charge in [-0.1, -0.05) is 0 Å². The predicted molar refractivity (Wildman–Crippen MR) is 74.8 cm³/mol. The molecule has 0 aliphatic rings. The molecule has 0 saturated carbocycles. The smallest absolute Gasteiger partial charge is 0.0843 e. The summed E-state index contributed by atoms with van der Waals surface area (Å²) in [7, 11) is 0. The second kappa shape index (κ2) is 4.67. The van der Waals surface area contributed by atoms with Crippen LogP contribution in [0.3, 0.4) is 0 Å². The third-order valence-electron chi connectivity index (χ3n) is 2.20. The lowest BCUT2D eigenvalue weighted by molar-refractivity contribution is 0.889. The average Bonchev–Trinajstić information content (AvgIpc) is 2.74. The Morgan fingerprint density at radius 3 is 2.53 bits per heavy atom. The number of aryl methyl sites for hydroxylation is 1. The fraction of sp³-hybridized carbons (Fsp3) is 0.200. The molecule has 1 unspecified atom stereocenters. The summed E-state index contributed by atoms with van der Waals surface area (Å²) < 4.78 is 2.17. The molecule has 2 heterocycles. The number of hydrogen-bond donors (Lipinski definition) is 1. The van der Waals surface area contributed by atoms with Gasteiger partial charge in [-0.05, 0) is 66.7 Å². The van der Waals surface area contributed by atoms with E-state index in [2.05, 4.69) is 55.6 Å². The first-order chi connectivity index (χ1) is 7.09. The van der Waals surface area contributed by atoms with Crippen molar-refractivity contribution in [1.29, 1.82) is 0 Å². The van der Waals surface area contributed by atoms with Crippen LogP contribution in [0.1, 0.15) is 22.0 Å². The molecule has 0 radical (unpaired) electrons. The summed E-state index contributed by atoms with van der Waals surface area (Å²) in [6.07, 6.45) is 0. The predicted octanol–water partition coefficient (Wildman–Crippen LogP) is 4.69. The quantitative estimate of drug-likeness (QED) is 0.819. The molecule has 1 nitrogen and oxygen atoms in total. The fourth-order valence-electron chi connectivity index (χ4n) is 1.36. The third-order valence-corrected chi connectivity index (χ3v) is 6.42. The maximum absolute atomic E-state index is 6.22. The van der Waals surface area contributed by atoms with Gasteiger partial charge in [0.15, 0.2) is 0 Å². The summed E-state index contributed by atoms with van der Waals surface area (Å²) in [6, 6.07) is 2.07. The van der Waals surface area contributed by atoms with Gasteiger partial charge in [-0.3, -0.25) is 0 Å². The highest BCUT2D eigenvalue weighted by Gasteiger charge is 2.15. The van der Waals surface area contributed by atoms with Gasteiger partial charge < -0.3 is 5.73 Å². The van der Waals surface area contributed by atoms with Crippen LogP contribution in [0.15, 0.2) is 25.1 Å². The zero-order chi connectivity index (χ0) is 11.0. The molecule has 2 rings (SSSR count). The van der Waals surface area contributed by atoms with Crippen LogP contribution in [0.5, 0.6) is 0 Å². The Bertz CT molecular complexity index is 456. The summed E-state index contributed by atoms with van der Waals surface area (Å²) in [4.78, 5) is 1.18. The second-order valence-electron chi connectivity index (χ2n) is 3.26. The standard InChI is InChI=1S/C10H9Br2NS2/c1-5-3-14-4-6(5)9(13)8-2-7(11)10(12)15-8/h2-4,9H,13H2,1H3. The summed E-state index contributed by atoms with van der Waals surface area (Å²) in [6.45, 7) is 2.10. The van der Waals surface area contributed by atoms with E-state index in [0.29, 0.717) is 0 Å². The minimum atomic E-state index is -0.0103. The van der Waals surface area contributed by atoms with Crippen LogP contribution >= 0.6 is 54.5 Å². The van der Waals surface area contributed by atoms with Crippen LogP contribution in [-0.4, -0.2) is 0 Å². The molecule has 0 fully saturated rings. The molecule has 0 saturated heterocycles. The van der Waals surface area contributed by atoms with E-state index in [1.165, 1.54) is 16.0 Å². The number of hydrogen-bond acceptors (Lipinski definition) is 3. The maximum atomic E-state index is 6.22. The molecule has 80 valence electrons. The number of halogens is 2. The van der Waals surface area contributed by atoms with Crippen LogP contribution in [0.2, 0.25) is 0 Å². The fourth-order valence-corrected chi connectivity index (χ4v) is 4.36. The van der Waals surface area contributed by atoms with Gasteiger partial charge in [0.05, 0.1) is 9.83 Å². The van der Waals surface area contributed by atoms with Crippen molar-refractivity contribution in [1.82, 2.24) is 0 Å². The van der Waals surface area contributed by atoms with Crippen LogP contribution in [0, 0.1) is 6.92 Å². The van der Waals surface area contributed by atoms with Crippen molar-refractivity contribution in [2.45, 2.75) is 13.0 Å². The Kier molecular flexibility index (Phi) is 3.67. The molecule has 0 aliphatic heterocycles. The Labute approximate surface area is 114 Å². The van der Waals surface area contributed by atoms with Crippen LogP contribution < -0.4 is 5.73 Å². The molecule has 2 N–H and O–H groups in total. The van der Waals surface area contributed by atoms with Crippen molar-refractivity contribution in [2.75, 3.05) is 0 Å². The van der Waals surface area contributed by atoms with Gasteiger partial charge in [0.25, 0.3) is 0 Å². The van der Waals surface area contributed by atoms with E-state index in [0.717, 1.165) is 8.26 Å². The van der Waals surface area contributed by atoms with Gasteiger partial charge in [-0.25, -0.2) is 0 Å². The van der Waals surface area contributed by atoms with E-state index >= 15 is 0 Å². The van der Waals surface area contributed by atoms with Crippen molar-refractivity contribution >= 4 is 54.5 Å². The molecular formula is C10H9Br2NS2. The number of thiophene rings is 2. The van der Waals surface area contributed by atoms with Crippen molar-refractivity contribution in [3.05, 3.63) is 41.1 Å². The van der Waals surface area contributed by atoms with E-state index in [1.807, 2.05) is 0 Å². The third kappa shape index (κ3) is 2.36. The highest BCUT2D eigenvalue weighted by molar-refractivity contribution is 9.13. The number of nitrogens with two attached hydrogens (primary N) is 1. The normalized spacial score (nSPS) is 13.1. The van der Waals surface area contributed by atoms with E-state index in [1.54, 1.807) is 22.7 Å². The summed E-state index contributed by atoms with van der Waals surface area (Å²) in [5, 5.41) is 4.26. The molecule has 1 atom stereocenters. The Morgan fingerprint density at radius 1 is 1.33 bits per heavy atom. The van der Waals surface area contributed by atoms with E-state index in [9.17, 15) is 0 Å². The lowest BCUT2D eigenvalue weighted by atomic mass is 10.1. The first-order valence-corrected chi connectivity index (χ1v) is 7.67. The summed E-state index contributed by atoms with van der Waals surface area (Å²) in [5.41, 5.74) is 8.71. The molecule has 2 aromatic heterocycles. The minimum absolute atomic E-state index is 0.0103. The largest absolute Gasteiger partial charge is 0.320 e. The molecule has 15 heavy (non-hydrogen) atoms. The SMILES string of the molecule is Cc1cscc1C(N)c1cc(Br)c(Br)s1. The topological polar surface area (TPSA) is 26.0 Å². The van der Waals surface area contributed by atoms with Gasteiger partial charge in [-0.15, -0.1) is 11.3 Å². The molecule has 0 amide bonds. The van der Waals surface area contributed by atoms with Crippen molar-refractivity contribution in [2.24, 2.45) is 5.73 Å². The Morgan fingerprint density at radius 2 is 2.07 bits per heavy atom. The Hall–Kier alpha value is 0.320. The van der Waals surface area contributed by atoms with Gasteiger partial charge in [0, 0.05) is 9.35 Å². The van der Waals surface area contributed by atoms with E-state index in [4.69, 9.17) is 5.73 Å². The summed E-state index contributed by atoms with van der Waals surface area (Å²) >= 11 is 10.3. The molecule has 0 bridgehead atoms. The maximum Gasteiger partial charge on any atom is 0.0843 e. The van der Waals surface area contributed by atoms with Crippen molar-refractivity contribution < 1.29 is 0 Å². The second-order valence-corrected chi connectivity index (χ2v) is 7.26. The highest BCUT2D eigenvalue weighted by Crippen LogP contribution is 2.37. The molecular weight excluding hydrogens is 358 g/mol. The molecule has 0 aliphatic carbocycles. The van der Waals surface area contributed by atoms with Crippen LogP contribution in [-0.2, 0) is 0 Å². The highest BCUT2D eigenvalue weighted by atomic mass is 79.9. The van der Waals surface area contributed by atoms with Crippen molar-refractivity contribution in [3.63, 3.8) is 0 Å². The minimum Gasteiger partial charge on any atom is -0.320 e. The monoisotopic (exact) mass is 365 g/mol. The van der Waals surface area contributed by atoms with Gasteiger partial charge >= 0.3 is 0 Å². The lowest BCUT2D eigenvalue weighted by Crippen LogP contribution is -2.10. The van der Waals surface area contributed by atoms with E-state index in [-0.39, 0.29) is 6.04 Å². The molecule has 5 heteroatoms. The average molecular weight is 367 g/mol. The number of rotatable bonds is 2. The molecule has 0 spiro atoms. The zero-order valence-corrected chi connectivity index (χ0v) is 12.8. The van der Waals surface area contributed by atoms with Crippen LogP contribution in [0.25, 0.3) is 0 Å². The first-order valence-electron chi connectivity index (χ1n) is 4.32. The summed E-state index contributed by atoms with van der Waals surface area (Å²) in [5.74, 6) is 0. The van der Waals surface area contributed by atoms with Gasteiger partial charge in [-0.2, -0.15) is 11.3 Å². The van der Waals surface area contributed by atoms with E-state index < -0.39 is 0 Å². The zero-order valence-electron chi connectivity index (χ0n) is 7.96. The molecule has 2 aromatic rings. The Balaban J connectivity index is 2.36. The van der Waals surface area contributed by atoms with Gasteiger partial charge in [0.1, 0.15) is 0 Å².